The van der Waals surface area contributed by atoms with E-state index in [1.54, 1.807) is 23.1 Å². The van der Waals surface area contributed by atoms with Gasteiger partial charge in [-0.1, -0.05) is 11.6 Å². The molecule has 4 rings (SSSR count). The average molecular weight is 373 g/mol. The third kappa shape index (κ3) is 3.24. The molecule has 0 saturated carbocycles. The van der Waals surface area contributed by atoms with Crippen molar-refractivity contribution in [3.05, 3.63) is 69.0 Å². The third-order valence-corrected chi connectivity index (χ3v) is 4.18. The van der Waals surface area contributed by atoms with Crippen molar-refractivity contribution >= 4 is 17.3 Å². The standard InChI is InChI=1S/C17H13ClN4O4/c18-14-5-12(16-13(6-14)8-25-10-26-16)7-21-9-19-17(20-21)11-1-3-15(4-2-11)22(23)24/h1-6,9H,7-8,10H2. The maximum atomic E-state index is 10.7. The highest BCUT2D eigenvalue weighted by Gasteiger charge is 2.17. The van der Waals surface area contributed by atoms with Crippen molar-refractivity contribution in [3.8, 4) is 17.1 Å². The number of hydrogen-bond donors (Lipinski definition) is 0. The molecule has 0 fully saturated rings. The second-order valence-electron chi connectivity index (χ2n) is 5.73. The molecule has 3 aromatic rings. The summed E-state index contributed by atoms with van der Waals surface area (Å²) in [7, 11) is 0. The van der Waals surface area contributed by atoms with Gasteiger partial charge in [0.25, 0.3) is 5.69 Å². The average Bonchev–Trinajstić information content (AvgIpc) is 3.10. The molecule has 2 aromatic carbocycles. The summed E-state index contributed by atoms with van der Waals surface area (Å²) in [6, 6.07) is 9.76. The normalized spacial score (nSPS) is 13.1. The van der Waals surface area contributed by atoms with Gasteiger partial charge in [-0.15, -0.1) is 0 Å². The van der Waals surface area contributed by atoms with E-state index in [-0.39, 0.29) is 12.5 Å². The smallest absolute Gasteiger partial charge is 0.269 e. The summed E-state index contributed by atoms with van der Waals surface area (Å²) >= 11 is 6.18. The Kier molecular flexibility index (Phi) is 4.27. The van der Waals surface area contributed by atoms with E-state index in [4.69, 9.17) is 21.1 Å². The Labute approximate surface area is 153 Å². The van der Waals surface area contributed by atoms with Gasteiger partial charge in [-0.2, -0.15) is 5.10 Å². The summed E-state index contributed by atoms with van der Waals surface area (Å²) in [6.07, 6.45) is 1.60. The fourth-order valence-electron chi connectivity index (χ4n) is 2.78. The monoisotopic (exact) mass is 372 g/mol. The van der Waals surface area contributed by atoms with Crippen LogP contribution < -0.4 is 4.74 Å². The second kappa shape index (κ2) is 6.74. The summed E-state index contributed by atoms with van der Waals surface area (Å²) in [5.74, 6) is 1.24. The Balaban J connectivity index is 1.59. The quantitative estimate of drug-likeness (QED) is 0.514. The molecule has 1 aliphatic rings. The Morgan fingerprint density at radius 2 is 2.08 bits per heavy atom. The molecule has 8 nitrogen and oxygen atoms in total. The number of ether oxygens (including phenoxy) is 2. The summed E-state index contributed by atoms with van der Waals surface area (Å²) < 4.78 is 12.6. The van der Waals surface area contributed by atoms with Crippen LogP contribution in [0.15, 0.2) is 42.7 Å². The maximum absolute atomic E-state index is 10.7. The minimum atomic E-state index is -0.443. The van der Waals surface area contributed by atoms with Gasteiger partial charge in [0.1, 0.15) is 12.1 Å². The van der Waals surface area contributed by atoms with Crippen LogP contribution in [0.3, 0.4) is 0 Å². The Morgan fingerprint density at radius 3 is 2.85 bits per heavy atom. The van der Waals surface area contributed by atoms with Crippen LogP contribution in [-0.2, 0) is 17.9 Å². The van der Waals surface area contributed by atoms with E-state index in [1.165, 1.54) is 12.1 Å². The van der Waals surface area contributed by atoms with Crippen LogP contribution in [0.25, 0.3) is 11.4 Å². The van der Waals surface area contributed by atoms with Gasteiger partial charge in [-0.25, -0.2) is 9.67 Å². The lowest BCUT2D eigenvalue weighted by molar-refractivity contribution is -0.384. The molecule has 0 spiro atoms. The number of nitro groups is 1. The molecule has 132 valence electrons. The van der Waals surface area contributed by atoms with E-state index >= 15 is 0 Å². The molecule has 2 heterocycles. The Bertz CT molecular complexity index is 971. The molecule has 1 aromatic heterocycles. The van der Waals surface area contributed by atoms with Crippen LogP contribution >= 0.6 is 11.6 Å². The number of rotatable bonds is 4. The van der Waals surface area contributed by atoms with Crippen molar-refractivity contribution < 1.29 is 14.4 Å². The molecule has 0 saturated heterocycles. The minimum Gasteiger partial charge on any atom is -0.467 e. The zero-order chi connectivity index (χ0) is 18.1. The molecule has 0 atom stereocenters. The van der Waals surface area contributed by atoms with E-state index in [0.29, 0.717) is 29.6 Å². The van der Waals surface area contributed by atoms with Gasteiger partial charge >= 0.3 is 0 Å². The molecule has 0 unspecified atom stereocenters. The van der Waals surface area contributed by atoms with Crippen molar-refractivity contribution in [1.29, 1.82) is 0 Å². The van der Waals surface area contributed by atoms with Gasteiger partial charge < -0.3 is 9.47 Å². The van der Waals surface area contributed by atoms with E-state index < -0.39 is 4.92 Å². The number of non-ortho nitro benzene ring substituents is 1. The van der Waals surface area contributed by atoms with E-state index in [2.05, 4.69) is 10.1 Å². The molecule has 9 heteroatoms. The first-order chi connectivity index (χ1) is 12.6. The second-order valence-corrected chi connectivity index (χ2v) is 6.17. The van der Waals surface area contributed by atoms with E-state index in [1.807, 2.05) is 12.1 Å². The fraction of sp³-hybridized carbons (Fsp3) is 0.176. The number of aromatic nitrogens is 3. The number of nitro benzene ring substituents is 1. The summed E-state index contributed by atoms with van der Waals surface area (Å²) in [6.45, 7) is 1.09. The highest BCUT2D eigenvalue weighted by molar-refractivity contribution is 6.30. The van der Waals surface area contributed by atoms with Crippen molar-refractivity contribution in [2.45, 2.75) is 13.2 Å². The van der Waals surface area contributed by atoms with Crippen molar-refractivity contribution in [2.24, 2.45) is 0 Å². The third-order valence-electron chi connectivity index (χ3n) is 3.96. The first kappa shape index (κ1) is 16.5. The SMILES string of the molecule is O=[N+]([O-])c1ccc(-c2ncn(Cc3cc(Cl)cc4c3OCOC4)n2)cc1. The zero-order valence-electron chi connectivity index (χ0n) is 13.5. The molecule has 26 heavy (non-hydrogen) atoms. The fourth-order valence-corrected chi connectivity index (χ4v) is 3.05. The van der Waals surface area contributed by atoms with Crippen LogP contribution in [0.2, 0.25) is 5.02 Å². The molecule has 0 amide bonds. The lowest BCUT2D eigenvalue weighted by Gasteiger charge is -2.21. The van der Waals surface area contributed by atoms with Crippen LogP contribution in [0.4, 0.5) is 5.69 Å². The van der Waals surface area contributed by atoms with Crippen molar-refractivity contribution in [3.63, 3.8) is 0 Å². The van der Waals surface area contributed by atoms with Gasteiger partial charge in [0.2, 0.25) is 0 Å². The molecular formula is C17H13ClN4O4. The summed E-state index contributed by atoms with van der Waals surface area (Å²) in [4.78, 5) is 14.6. The highest BCUT2D eigenvalue weighted by Crippen LogP contribution is 2.32. The lowest BCUT2D eigenvalue weighted by Crippen LogP contribution is -2.14. The molecular weight excluding hydrogens is 360 g/mol. The number of halogens is 1. The predicted molar refractivity (Wildman–Crippen MR) is 93.0 cm³/mol. The number of hydrogen-bond acceptors (Lipinski definition) is 6. The largest absolute Gasteiger partial charge is 0.467 e. The number of benzene rings is 2. The van der Waals surface area contributed by atoms with E-state index in [9.17, 15) is 10.1 Å². The van der Waals surface area contributed by atoms with Gasteiger partial charge in [-0.05, 0) is 24.3 Å². The number of nitrogens with zero attached hydrogens (tertiary/aromatic N) is 4. The van der Waals surface area contributed by atoms with E-state index in [0.717, 1.165) is 16.9 Å². The van der Waals surface area contributed by atoms with Gasteiger partial charge in [0.05, 0.1) is 18.1 Å². The maximum Gasteiger partial charge on any atom is 0.269 e. The van der Waals surface area contributed by atoms with Gasteiger partial charge in [0, 0.05) is 33.8 Å². The summed E-state index contributed by atoms with van der Waals surface area (Å²) in [5, 5.41) is 15.8. The zero-order valence-corrected chi connectivity index (χ0v) is 14.2. The molecule has 1 aliphatic heterocycles. The Hall–Kier alpha value is -2.97. The number of fused-ring (bicyclic) bond motifs is 1. The lowest BCUT2D eigenvalue weighted by atomic mass is 10.1. The van der Waals surface area contributed by atoms with Crippen molar-refractivity contribution in [1.82, 2.24) is 14.8 Å². The summed E-state index contributed by atoms with van der Waals surface area (Å²) in [5.41, 5.74) is 2.51. The molecule has 0 bridgehead atoms. The minimum absolute atomic E-state index is 0.0260. The first-order valence-electron chi connectivity index (χ1n) is 7.76. The van der Waals surface area contributed by atoms with Gasteiger partial charge in [-0.3, -0.25) is 10.1 Å². The molecule has 0 aliphatic carbocycles. The van der Waals surface area contributed by atoms with Crippen LogP contribution in [0.1, 0.15) is 11.1 Å². The topological polar surface area (TPSA) is 92.3 Å². The Morgan fingerprint density at radius 1 is 1.27 bits per heavy atom. The molecule has 0 radical (unpaired) electrons. The highest BCUT2D eigenvalue weighted by atomic mass is 35.5. The first-order valence-corrected chi connectivity index (χ1v) is 8.14. The van der Waals surface area contributed by atoms with Gasteiger partial charge in [0.15, 0.2) is 12.6 Å². The van der Waals surface area contributed by atoms with Crippen molar-refractivity contribution in [2.75, 3.05) is 6.79 Å². The van der Waals surface area contributed by atoms with Crippen LogP contribution in [0.5, 0.6) is 5.75 Å². The molecule has 0 N–H and O–H groups in total. The predicted octanol–water partition coefficient (Wildman–Crippen LogP) is 3.42. The van der Waals surface area contributed by atoms with Crippen LogP contribution in [-0.4, -0.2) is 26.5 Å². The van der Waals surface area contributed by atoms with Crippen LogP contribution in [0, 0.1) is 10.1 Å².